The summed E-state index contributed by atoms with van der Waals surface area (Å²) in [6.45, 7) is 7.36. The first kappa shape index (κ1) is 10.3. The first-order chi connectivity index (χ1) is 6.06. The smallest absolute Gasteiger partial charge is 0.243 e. The molecule has 0 aromatic heterocycles. The molecule has 1 saturated heterocycles. The Morgan fingerprint density at radius 2 is 2.31 bits per heavy atom. The molecule has 3 nitrogen and oxygen atoms in total. The van der Waals surface area contributed by atoms with Crippen molar-refractivity contribution < 1.29 is 9.53 Å². The molecule has 1 heterocycles. The first-order valence-corrected chi connectivity index (χ1v) is 4.57. The molecule has 13 heavy (non-hydrogen) atoms. The van der Waals surface area contributed by atoms with E-state index >= 15 is 0 Å². The number of carbonyl (C=O) groups excluding carboxylic acids is 1. The van der Waals surface area contributed by atoms with Crippen molar-refractivity contribution in [3.05, 3.63) is 12.2 Å². The van der Waals surface area contributed by atoms with Crippen LogP contribution in [0.2, 0.25) is 0 Å². The number of carbonyl (C=O) groups is 1. The van der Waals surface area contributed by atoms with Gasteiger partial charge in [-0.3, -0.25) is 4.79 Å². The summed E-state index contributed by atoms with van der Waals surface area (Å²) in [6, 6.07) is 0.135. The van der Waals surface area contributed by atoms with E-state index in [1.165, 1.54) is 6.08 Å². The van der Waals surface area contributed by atoms with Gasteiger partial charge in [0.05, 0.1) is 19.3 Å². The third kappa shape index (κ3) is 2.56. The molecule has 1 aliphatic heterocycles. The molecular weight excluding hydrogens is 166 g/mol. The maximum absolute atomic E-state index is 11.2. The van der Waals surface area contributed by atoms with Crippen LogP contribution in [0.4, 0.5) is 0 Å². The van der Waals surface area contributed by atoms with Gasteiger partial charge in [-0.25, -0.2) is 0 Å². The minimum absolute atomic E-state index is 0.0360. The van der Waals surface area contributed by atoms with Crippen molar-refractivity contribution in [2.75, 3.05) is 13.2 Å². The lowest BCUT2D eigenvalue weighted by Gasteiger charge is -2.24. The molecule has 0 spiro atoms. The zero-order chi connectivity index (χ0) is 9.90. The van der Waals surface area contributed by atoms with Gasteiger partial charge in [0.25, 0.3) is 0 Å². The zero-order valence-electron chi connectivity index (χ0n) is 8.46. The van der Waals surface area contributed by atoms with E-state index in [1.54, 1.807) is 6.08 Å². The Morgan fingerprint density at radius 1 is 1.62 bits per heavy atom. The second-order valence-corrected chi connectivity index (χ2v) is 4.06. The average molecular weight is 183 g/mol. The van der Waals surface area contributed by atoms with Crippen LogP contribution < -0.4 is 5.32 Å². The Balaban J connectivity index is 2.49. The summed E-state index contributed by atoms with van der Waals surface area (Å²) >= 11 is 0. The second kappa shape index (κ2) is 3.92. The minimum Gasteiger partial charge on any atom is -0.379 e. The fourth-order valence-corrected chi connectivity index (χ4v) is 1.37. The summed E-state index contributed by atoms with van der Waals surface area (Å²) in [4.78, 5) is 11.2. The van der Waals surface area contributed by atoms with Crippen molar-refractivity contribution in [1.29, 1.82) is 0 Å². The molecule has 0 aromatic carbocycles. The molecule has 1 unspecified atom stereocenters. The number of hydrogen-bond acceptors (Lipinski definition) is 2. The summed E-state index contributed by atoms with van der Waals surface area (Å²) in [5.41, 5.74) is 0.0528. The molecule has 0 aromatic rings. The van der Waals surface area contributed by atoms with Crippen LogP contribution in [0.25, 0.3) is 0 Å². The van der Waals surface area contributed by atoms with E-state index in [2.05, 4.69) is 19.2 Å². The van der Waals surface area contributed by atoms with Gasteiger partial charge in [0.2, 0.25) is 5.91 Å². The Bertz CT molecular complexity index is 221. The summed E-state index contributed by atoms with van der Waals surface area (Å²) < 4.78 is 5.31. The van der Waals surface area contributed by atoms with Gasteiger partial charge in [-0.05, 0) is 13.0 Å². The number of amides is 1. The maximum Gasteiger partial charge on any atom is 0.243 e. The average Bonchev–Trinajstić information content (AvgIpc) is 2.31. The van der Waals surface area contributed by atoms with E-state index in [0.717, 1.165) is 0 Å². The SMILES string of the molecule is C/C=C/C(=O)NC1COCC1(C)C. The van der Waals surface area contributed by atoms with Crippen molar-refractivity contribution in [2.45, 2.75) is 26.8 Å². The molecule has 1 amide bonds. The largest absolute Gasteiger partial charge is 0.379 e. The molecule has 1 N–H and O–H groups in total. The lowest BCUT2D eigenvalue weighted by atomic mass is 9.88. The van der Waals surface area contributed by atoms with Gasteiger partial charge in [0.1, 0.15) is 0 Å². The van der Waals surface area contributed by atoms with Crippen molar-refractivity contribution >= 4 is 5.91 Å². The van der Waals surface area contributed by atoms with Crippen molar-refractivity contribution in [3.8, 4) is 0 Å². The number of ether oxygens (including phenoxy) is 1. The molecule has 1 aliphatic rings. The van der Waals surface area contributed by atoms with Crippen molar-refractivity contribution in [2.24, 2.45) is 5.41 Å². The Labute approximate surface area is 79.2 Å². The van der Waals surface area contributed by atoms with E-state index in [1.807, 2.05) is 6.92 Å². The molecule has 0 aliphatic carbocycles. The Hall–Kier alpha value is -0.830. The molecule has 3 heteroatoms. The highest BCUT2D eigenvalue weighted by molar-refractivity contribution is 5.87. The quantitative estimate of drug-likeness (QED) is 0.651. The topological polar surface area (TPSA) is 38.3 Å². The molecule has 1 fully saturated rings. The van der Waals surface area contributed by atoms with Gasteiger partial charge in [-0.15, -0.1) is 0 Å². The van der Waals surface area contributed by atoms with E-state index in [-0.39, 0.29) is 17.4 Å². The molecule has 0 bridgehead atoms. The summed E-state index contributed by atoms with van der Waals surface area (Å²) in [7, 11) is 0. The predicted molar refractivity (Wildman–Crippen MR) is 51.3 cm³/mol. The van der Waals surface area contributed by atoms with Crippen molar-refractivity contribution in [1.82, 2.24) is 5.32 Å². The number of rotatable bonds is 2. The Kier molecular flexibility index (Phi) is 3.09. The van der Waals surface area contributed by atoms with E-state index in [4.69, 9.17) is 4.74 Å². The fraction of sp³-hybridized carbons (Fsp3) is 0.700. The van der Waals surface area contributed by atoms with Crippen LogP contribution in [0.3, 0.4) is 0 Å². The predicted octanol–water partition coefficient (Wildman–Crippen LogP) is 1.10. The molecule has 74 valence electrons. The van der Waals surface area contributed by atoms with Gasteiger partial charge in [0, 0.05) is 5.41 Å². The highest BCUT2D eigenvalue weighted by atomic mass is 16.5. The zero-order valence-corrected chi connectivity index (χ0v) is 8.46. The summed E-state index contributed by atoms with van der Waals surface area (Å²) in [6.07, 6.45) is 3.27. The molecule has 1 rings (SSSR count). The highest BCUT2D eigenvalue weighted by Crippen LogP contribution is 2.27. The van der Waals surface area contributed by atoms with Crippen LogP contribution in [0, 0.1) is 5.41 Å². The first-order valence-electron chi connectivity index (χ1n) is 4.57. The number of hydrogen-bond donors (Lipinski definition) is 1. The third-order valence-corrected chi connectivity index (χ3v) is 2.34. The standard InChI is InChI=1S/C10H17NO2/c1-4-5-9(12)11-8-6-13-7-10(8,2)3/h4-5,8H,6-7H2,1-3H3,(H,11,12)/b5-4+. The van der Waals surface area contributed by atoms with Crippen LogP contribution in [-0.2, 0) is 9.53 Å². The fourth-order valence-electron chi connectivity index (χ4n) is 1.37. The van der Waals surface area contributed by atoms with E-state index in [0.29, 0.717) is 13.2 Å². The van der Waals surface area contributed by atoms with Crippen LogP contribution in [0.5, 0.6) is 0 Å². The monoisotopic (exact) mass is 183 g/mol. The lowest BCUT2D eigenvalue weighted by Crippen LogP contribution is -2.43. The van der Waals surface area contributed by atoms with Crippen LogP contribution >= 0.6 is 0 Å². The molecule has 0 saturated carbocycles. The Morgan fingerprint density at radius 3 is 2.77 bits per heavy atom. The van der Waals surface area contributed by atoms with Gasteiger partial charge in [-0.1, -0.05) is 19.9 Å². The maximum atomic E-state index is 11.2. The third-order valence-electron chi connectivity index (χ3n) is 2.34. The highest BCUT2D eigenvalue weighted by Gasteiger charge is 2.36. The van der Waals surface area contributed by atoms with E-state index < -0.39 is 0 Å². The van der Waals surface area contributed by atoms with E-state index in [9.17, 15) is 4.79 Å². The normalized spacial score (nSPS) is 26.5. The molecule has 1 atom stereocenters. The molecular formula is C10H17NO2. The van der Waals surface area contributed by atoms with Crippen LogP contribution in [0.15, 0.2) is 12.2 Å². The minimum atomic E-state index is -0.0360. The van der Waals surface area contributed by atoms with Gasteiger partial charge in [-0.2, -0.15) is 0 Å². The van der Waals surface area contributed by atoms with Gasteiger partial charge in [0.15, 0.2) is 0 Å². The second-order valence-electron chi connectivity index (χ2n) is 4.06. The number of nitrogens with one attached hydrogen (secondary N) is 1. The lowest BCUT2D eigenvalue weighted by molar-refractivity contribution is -0.117. The number of allylic oxidation sites excluding steroid dienone is 1. The van der Waals surface area contributed by atoms with Crippen LogP contribution in [0.1, 0.15) is 20.8 Å². The summed E-state index contributed by atoms with van der Waals surface area (Å²) in [5.74, 6) is -0.0360. The van der Waals surface area contributed by atoms with Crippen LogP contribution in [-0.4, -0.2) is 25.2 Å². The summed E-state index contributed by atoms with van der Waals surface area (Å²) in [5, 5.41) is 2.92. The molecule has 0 radical (unpaired) electrons. The van der Waals surface area contributed by atoms with Crippen molar-refractivity contribution in [3.63, 3.8) is 0 Å². The van der Waals surface area contributed by atoms with Gasteiger partial charge < -0.3 is 10.1 Å². The van der Waals surface area contributed by atoms with Gasteiger partial charge >= 0.3 is 0 Å².